The van der Waals surface area contributed by atoms with Crippen molar-refractivity contribution in [2.75, 3.05) is 55.0 Å². The number of unbranched alkanes of at least 4 members (excludes halogenated alkanes) is 9. The number of nitrogens with zero attached hydrogens (tertiary/aromatic N) is 4. The third-order valence-corrected chi connectivity index (χ3v) is 13.8. The summed E-state index contributed by atoms with van der Waals surface area (Å²) in [5.74, 6) is -0.948. The van der Waals surface area contributed by atoms with Crippen LogP contribution < -0.4 is 30.1 Å². The number of carbonyl (C=O) groups excluding carboxylic acids is 1. The summed E-state index contributed by atoms with van der Waals surface area (Å²) in [6.45, 7) is 9.33. The molecule has 0 aliphatic heterocycles. The average Bonchev–Trinajstić information content (AvgIpc) is 3.31. The van der Waals surface area contributed by atoms with E-state index in [-0.39, 0.29) is 72.7 Å². The number of carbonyl (C=O) groups is 1. The number of halogens is 3. The molecular formula is C48H59Cl3N6O9S2. The minimum Gasteiger partial charge on any atom is -0.491 e. The van der Waals surface area contributed by atoms with Gasteiger partial charge in [0.25, 0.3) is 21.5 Å². The fraction of sp³-hybridized carbons (Fsp3) is 0.417. The molecule has 0 radical (unpaired) electrons. The number of benzene rings is 4. The van der Waals surface area contributed by atoms with Crippen molar-refractivity contribution >= 4 is 102 Å². The number of rotatable bonds is 28. The lowest BCUT2D eigenvalue weighted by Crippen LogP contribution is -2.36. The molecule has 0 unspecified atom stereocenters. The number of aryl methyl sites for hydroxylation is 1. The lowest BCUT2D eigenvalue weighted by molar-refractivity contribution is -0.185. The molecule has 0 atom stereocenters. The van der Waals surface area contributed by atoms with E-state index in [9.17, 15) is 23.1 Å². The minimum absolute atomic E-state index is 0.00817. The molecule has 0 bridgehead atoms. The first-order valence-electron chi connectivity index (χ1n) is 22.6. The van der Waals surface area contributed by atoms with E-state index < -0.39 is 21.5 Å². The predicted molar refractivity (Wildman–Crippen MR) is 274 cm³/mol. The number of aliphatic imine (C=N–C) groups is 1. The van der Waals surface area contributed by atoms with Crippen molar-refractivity contribution in [3.05, 3.63) is 104 Å². The standard InChI is InChI=1S/C48H59Cl3N6O9S2/c1-6-9-10-11-12-13-14-15-16-17-26-64-44-23-20-35(68(61,62)55-42-31-38(50)37(49)30-39(42)51)29-43(44)54-47(59)45(52-40-21-18-33(27-32(40)4)56(7-2)24-25-58)46-53-41-22-19-34(67-66-65-8-3)28-36(41)48(60)57(46)63-5/h18-23,27-31,55,58H,6-17,24-26H2,1-5H3,(H,54,59). The fourth-order valence-corrected chi connectivity index (χ4v) is 9.42. The maximum atomic E-state index is 14.9. The van der Waals surface area contributed by atoms with Crippen molar-refractivity contribution in [1.29, 1.82) is 0 Å². The Kier molecular flexibility index (Phi) is 21.6. The van der Waals surface area contributed by atoms with Crippen LogP contribution in [0.2, 0.25) is 15.1 Å². The van der Waals surface area contributed by atoms with Gasteiger partial charge in [0.2, 0.25) is 5.82 Å². The van der Waals surface area contributed by atoms with Gasteiger partial charge in [-0.05, 0) is 99.5 Å². The number of sulfonamides is 1. The first kappa shape index (κ1) is 54.4. The molecule has 1 heterocycles. The van der Waals surface area contributed by atoms with Gasteiger partial charge < -0.3 is 24.9 Å². The normalized spacial score (nSPS) is 11.8. The van der Waals surface area contributed by atoms with Crippen LogP contribution in [0.4, 0.5) is 22.7 Å². The van der Waals surface area contributed by atoms with Crippen molar-refractivity contribution in [1.82, 2.24) is 9.71 Å². The van der Waals surface area contributed by atoms with Crippen molar-refractivity contribution in [3.8, 4) is 5.75 Å². The maximum Gasteiger partial charge on any atom is 0.294 e. The van der Waals surface area contributed by atoms with Crippen LogP contribution in [0.3, 0.4) is 0 Å². The third kappa shape index (κ3) is 15.0. The van der Waals surface area contributed by atoms with E-state index in [4.69, 9.17) is 63.6 Å². The highest BCUT2D eigenvalue weighted by atomic mass is 35.5. The minimum atomic E-state index is -4.37. The van der Waals surface area contributed by atoms with Crippen LogP contribution in [0.5, 0.6) is 5.75 Å². The number of anilines is 3. The fourth-order valence-electron chi connectivity index (χ4n) is 7.16. The molecule has 4 aromatic carbocycles. The highest BCUT2D eigenvalue weighted by Gasteiger charge is 2.27. The molecule has 368 valence electrons. The maximum absolute atomic E-state index is 14.9. The van der Waals surface area contributed by atoms with Gasteiger partial charge in [-0.25, -0.2) is 23.3 Å². The Morgan fingerprint density at radius 2 is 1.57 bits per heavy atom. The molecule has 0 spiro atoms. The molecule has 20 heteroatoms. The average molecular weight is 1030 g/mol. The highest BCUT2D eigenvalue weighted by molar-refractivity contribution is 7.94. The number of aliphatic hydroxyl groups is 1. The van der Waals surface area contributed by atoms with Crippen molar-refractivity contribution in [3.63, 3.8) is 0 Å². The number of hydrogen-bond acceptors (Lipinski definition) is 13. The summed E-state index contributed by atoms with van der Waals surface area (Å²) >= 11 is 19.6. The van der Waals surface area contributed by atoms with Gasteiger partial charge in [-0.1, -0.05) is 99.5 Å². The van der Waals surface area contributed by atoms with Gasteiger partial charge in [0.15, 0.2) is 5.71 Å². The van der Waals surface area contributed by atoms with E-state index in [0.29, 0.717) is 35.8 Å². The quantitative estimate of drug-likeness (QED) is 0.0108. The van der Waals surface area contributed by atoms with Gasteiger partial charge in [0.05, 0.1) is 79.8 Å². The molecule has 1 aromatic heterocycles. The van der Waals surface area contributed by atoms with E-state index >= 15 is 0 Å². The molecule has 0 aliphatic rings. The smallest absolute Gasteiger partial charge is 0.294 e. The lowest BCUT2D eigenvalue weighted by Gasteiger charge is -2.22. The zero-order valence-corrected chi connectivity index (χ0v) is 42.8. The van der Waals surface area contributed by atoms with Crippen molar-refractivity contribution in [2.24, 2.45) is 4.99 Å². The van der Waals surface area contributed by atoms with Crippen LogP contribution in [-0.2, 0) is 24.0 Å². The summed E-state index contributed by atoms with van der Waals surface area (Å²) in [5, 5.41) is 12.9. The molecule has 1 amide bonds. The number of aromatic nitrogens is 2. The Balaban J connectivity index is 1.57. The molecule has 3 N–H and O–H groups in total. The first-order chi connectivity index (χ1) is 32.7. The monoisotopic (exact) mass is 1030 g/mol. The number of fused-ring (bicyclic) bond motifs is 1. The second-order valence-corrected chi connectivity index (χ2v) is 19.4. The Morgan fingerprint density at radius 1 is 0.868 bits per heavy atom. The largest absolute Gasteiger partial charge is 0.491 e. The molecule has 68 heavy (non-hydrogen) atoms. The van der Waals surface area contributed by atoms with E-state index in [1.807, 2.05) is 30.9 Å². The van der Waals surface area contributed by atoms with Crippen LogP contribution in [-0.4, -0.2) is 74.9 Å². The zero-order chi connectivity index (χ0) is 49.2. The molecule has 0 fully saturated rings. The molecule has 15 nitrogen and oxygen atoms in total. The highest BCUT2D eigenvalue weighted by Crippen LogP contribution is 2.35. The number of hydrogen-bond donors (Lipinski definition) is 3. The van der Waals surface area contributed by atoms with Gasteiger partial charge in [-0.2, -0.15) is 4.33 Å². The van der Waals surface area contributed by atoms with Crippen molar-refractivity contribution in [2.45, 2.75) is 102 Å². The topological polar surface area (TPSA) is 183 Å². The van der Waals surface area contributed by atoms with E-state index in [0.717, 1.165) is 48.1 Å². The van der Waals surface area contributed by atoms with Crippen LogP contribution >= 0.6 is 46.8 Å². The summed E-state index contributed by atoms with van der Waals surface area (Å²) in [7, 11) is -3.12. The number of likely N-dealkylation sites (N-methyl/N-ethyl adjacent to an activating group) is 1. The number of amides is 1. The Morgan fingerprint density at radius 3 is 2.24 bits per heavy atom. The lowest BCUT2D eigenvalue weighted by atomic mass is 10.1. The Labute approximate surface area is 417 Å². The molecule has 0 aliphatic carbocycles. The van der Waals surface area contributed by atoms with Gasteiger partial charge in [0, 0.05) is 23.7 Å². The summed E-state index contributed by atoms with van der Waals surface area (Å²) in [5.41, 5.74) is 1.01. The van der Waals surface area contributed by atoms with Gasteiger partial charge in [-0.3, -0.25) is 14.3 Å². The Hall–Kier alpha value is -4.59. The summed E-state index contributed by atoms with van der Waals surface area (Å²) in [6.07, 6.45) is 11.2. The van der Waals surface area contributed by atoms with E-state index in [1.54, 1.807) is 31.2 Å². The summed E-state index contributed by atoms with van der Waals surface area (Å²) in [6, 6.07) is 16.9. The van der Waals surface area contributed by atoms with E-state index in [1.165, 1.54) is 76.0 Å². The first-order valence-corrected chi connectivity index (χ1v) is 26.0. The SMILES string of the molecule is CCCCCCCCCCCCOc1ccc(S(=O)(=O)Nc2cc(Cl)c(Cl)cc2Cl)cc1NC(=O)C(=Nc1ccc(N(CC)CCO)cc1C)c1nc2ccc(SOOCC)cc2c(=O)n1OC. The molecule has 5 aromatic rings. The number of nitrogens with one attached hydrogen (secondary N) is 2. The summed E-state index contributed by atoms with van der Waals surface area (Å²) < 4.78 is 42.6. The summed E-state index contributed by atoms with van der Waals surface area (Å²) in [4.78, 5) is 51.5. The van der Waals surface area contributed by atoms with Crippen LogP contribution in [0.15, 0.2) is 86.3 Å². The second-order valence-electron chi connectivity index (χ2n) is 15.7. The number of aliphatic hydroxyl groups excluding tert-OH is 1. The molecule has 5 rings (SSSR count). The van der Waals surface area contributed by atoms with Crippen LogP contribution in [0.25, 0.3) is 10.9 Å². The predicted octanol–water partition coefficient (Wildman–Crippen LogP) is 11.4. The van der Waals surface area contributed by atoms with Crippen molar-refractivity contribution < 1.29 is 37.1 Å². The molecular weight excluding hydrogens is 975 g/mol. The van der Waals surface area contributed by atoms with Crippen LogP contribution in [0.1, 0.15) is 96.4 Å². The number of ether oxygens (including phenoxy) is 1. The third-order valence-electron chi connectivity index (χ3n) is 10.8. The second kappa shape index (κ2) is 27.0. The zero-order valence-electron chi connectivity index (χ0n) is 38.9. The van der Waals surface area contributed by atoms with Gasteiger partial charge in [-0.15, -0.1) is 4.73 Å². The molecule has 0 saturated heterocycles. The van der Waals surface area contributed by atoms with Gasteiger partial charge >= 0.3 is 0 Å². The Bertz CT molecular complexity index is 2710. The van der Waals surface area contributed by atoms with Crippen LogP contribution in [0, 0.1) is 6.92 Å². The van der Waals surface area contributed by atoms with E-state index in [2.05, 4.69) is 17.0 Å². The van der Waals surface area contributed by atoms with Gasteiger partial charge in [0.1, 0.15) is 12.9 Å². The molecule has 0 saturated carbocycles.